The number of nitrogens with zero attached hydrogens (tertiary/aromatic N) is 2. The molecule has 1 aliphatic rings. The molecule has 0 amide bonds. The third-order valence-corrected chi connectivity index (χ3v) is 3.74. The lowest BCUT2D eigenvalue weighted by Gasteiger charge is -2.23. The smallest absolute Gasteiger partial charge is 0.123 e. The number of benzene rings is 2. The van der Waals surface area contributed by atoms with E-state index in [2.05, 4.69) is 17.1 Å². The molecule has 0 spiro atoms. The molecular formula is C17H16F2N4. The van der Waals surface area contributed by atoms with Crippen molar-refractivity contribution < 1.29 is 8.78 Å². The molecular weight excluding hydrogens is 298 g/mol. The Hall–Kier alpha value is -2.73. The Morgan fingerprint density at radius 1 is 1.09 bits per heavy atom. The van der Waals surface area contributed by atoms with Crippen molar-refractivity contribution in [2.75, 3.05) is 11.6 Å². The van der Waals surface area contributed by atoms with Gasteiger partial charge in [0, 0.05) is 19.8 Å². The fraction of sp³-hybridized carbons (Fsp3) is 0.118. The SMILES string of the molecule is C=NN1/C(=C(\N)c2ccc(F)cc2)CNCc2cc(F)ccc21. The van der Waals surface area contributed by atoms with Gasteiger partial charge in [-0.3, -0.25) is 0 Å². The van der Waals surface area contributed by atoms with Crippen LogP contribution < -0.4 is 16.1 Å². The molecule has 0 bridgehead atoms. The summed E-state index contributed by atoms with van der Waals surface area (Å²) < 4.78 is 26.5. The molecule has 3 rings (SSSR count). The summed E-state index contributed by atoms with van der Waals surface area (Å²) in [7, 11) is 0. The fourth-order valence-corrected chi connectivity index (χ4v) is 2.61. The van der Waals surface area contributed by atoms with E-state index in [0.29, 0.717) is 35.7 Å². The van der Waals surface area contributed by atoms with Gasteiger partial charge in [-0.25, -0.2) is 13.8 Å². The van der Waals surface area contributed by atoms with Crippen LogP contribution in [-0.4, -0.2) is 13.3 Å². The van der Waals surface area contributed by atoms with E-state index in [1.165, 1.54) is 24.3 Å². The maximum Gasteiger partial charge on any atom is 0.123 e. The number of nitrogens with one attached hydrogen (secondary N) is 1. The minimum Gasteiger partial charge on any atom is -0.397 e. The molecule has 2 aromatic rings. The quantitative estimate of drug-likeness (QED) is 0.838. The van der Waals surface area contributed by atoms with Crippen LogP contribution in [0, 0.1) is 11.6 Å². The summed E-state index contributed by atoms with van der Waals surface area (Å²) in [5.74, 6) is -0.640. The van der Waals surface area contributed by atoms with Crippen LogP contribution in [0.5, 0.6) is 0 Å². The van der Waals surface area contributed by atoms with Gasteiger partial charge in [-0.2, -0.15) is 5.10 Å². The summed E-state index contributed by atoms with van der Waals surface area (Å²) in [6.07, 6.45) is 0. The molecule has 2 aromatic carbocycles. The fourth-order valence-electron chi connectivity index (χ4n) is 2.61. The van der Waals surface area contributed by atoms with Crippen molar-refractivity contribution in [2.45, 2.75) is 6.54 Å². The second-order valence-electron chi connectivity index (χ2n) is 5.20. The van der Waals surface area contributed by atoms with Gasteiger partial charge >= 0.3 is 0 Å². The van der Waals surface area contributed by atoms with Gasteiger partial charge in [0.25, 0.3) is 0 Å². The molecule has 0 saturated heterocycles. The standard InChI is InChI=1S/C17H16F2N4/c1-21-23-15-7-6-14(19)8-12(15)9-22-10-16(23)17(20)11-2-4-13(18)5-3-11/h2-8,22H,1,9-10,20H2/b17-16-. The summed E-state index contributed by atoms with van der Waals surface area (Å²) in [6.45, 7) is 4.51. The number of rotatable bonds is 2. The molecule has 23 heavy (non-hydrogen) atoms. The predicted molar refractivity (Wildman–Crippen MR) is 87.6 cm³/mol. The average molecular weight is 314 g/mol. The molecule has 0 saturated carbocycles. The van der Waals surface area contributed by atoms with E-state index in [4.69, 9.17) is 5.73 Å². The molecule has 1 heterocycles. The first kappa shape index (κ1) is 15.2. The first-order valence-corrected chi connectivity index (χ1v) is 7.10. The molecule has 0 unspecified atom stereocenters. The van der Waals surface area contributed by atoms with Gasteiger partial charge in [-0.1, -0.05) is 0 Å². The summed E-state index contributed by atoms with van der Waals surface area (Å²) in [4.78, 5) is 0. The van der Waals surface area contributed by atoms with Crippen LogP contribution >= 0.6 is 0 Å². The van der Waals surface area contributed by atoms with Crippen molar-refractivity contribution in [3.63, 3.8) is 0 Å². The minimum absolute atomic E-state index is 0.312. The monoisotopic (exact) mass is 314 g/mol. The van der Waals surface area contributed by atoms with E-state index in [9.17, 15) is 8.78 Å². The Kier molecular flexibility index (Phi) is 4.08. The van der Waals surface area contributed by atoms with Crippen molar-refractivity contribution in [1.29, 1.82) is 0 Å². The van der Waals surface area contributed by atoms with Crippen molar-refractivity contribution in [3.05, 3.63) is 70.9 Å². The van der Waals surface area contributed by atoms with Crippen molar-refractivity contribution in [1.82, 2.24) is 5.32 Å². The van der Waals surface area contributed by atoms with Gasteiger partial charge in [0.1, 0.15) is 11.6 Å². The van der Waals surface area contributed by atoms with Gasteiger partial charge < -0.3 is 11.1 Å². The molecule has 118 valence electrons. The molecule has 0 atom stereocenters. The number of anilines is 1. The van der Waals surface area contributed by atoms with Crippen molar-refractivity contribution >= 4 is 18.1 Å². The first-order chi connectivity index (χ1) is 11.1. The molecule has 3 N–H and O–H groups in total. The van der Waals surface area contributed by atoms with E-state index in [0.717, 1.165) is 5.56 Å². The lowest BCUT2D eigenvalue weighted by molar-refractivity contribution is 0.623. The maximum absolute atomic E-state index is 13.5. The maximum atomic E-state index is 13.5. The van der Waals surface area contributed by atoms with Gasteiger partial charge in [0.2, 0.25) is 0 Å². The average Bonchev–Trinajstić information content (AvgIpc) is 2.73. The molecule has 0 radical (unpaired) electrons. The van der Waals surface area contributed by atoms with Crippen molar-refractivity contribution in [3.8, 4) is 0 Å². The van der Waals surface area contributed by atoms with Gasteiger partial charge in [-0.15, -0.1) is 0 Å². The van der Waals surface area contributed by atoms with Gasteiger partial charge in [-0.05, 0) is 53.6 Å². The summed E-state index contributed by atoms with van der Waals surface area (Å²) in [6, 6.07) is 10.4. The predicted octanol–water partition coefficient (Wildman–Crippen LogP) is 2.82. The van der Waals surface area contributed by atoms with Gasteiger partial charge in [0.15, 0.2) is 0 Å². The Labute approximate surface area is 132 Å². The Morgan fingerprint density at radius 3 is 2.48 bits per heavy atom. The zero-order valence-corrected chi connectivity index (χ0v) is 12.4. The second kappa shape index (κ2) is 6.18. The highest BCUT2D eigenvalue weighted by molar-refractivity contribution is 5.73. The van der Waals surface area contributed by atoms with Crippen molar-refractivity contribution in [2.24, 2.45) is 10.8 Å². The van der Waals surface area contributed by atoms with Crippen LogP contribution in [0.15, 0.2) is 53.3 Å². The minimum atomic E-state index is -0.329. The van der Waals surface area contributed by atoms with Gasteiger partial charge in [0.05, 0.1) is 17.1 Å². The lowest BCUT2D eigenvalue weighted by Crippen LogP contribution is -2.25. The summed E-state index contributed by atoms with van der Waals surface area (Å²) in [5.41, 5.74) is 9.55. The zero-order chi connectivity index (χ0) is 16.4. The molecule has 6 heteroatoms. The Balaban J connectivity index is 2.11. The van der Waals surface area contributed by atoms with E-state index >= 15 is 0 Å². The van der Waals surface area contributed by atoms with Crippen LogP contribution in [-0.2, 0) is 6.54 Å². The Bertz CT molecular complexity index is 769. The number of hydrogen-bond donors (Lipinski definition) is 2. The highest BCUT2D eigenvalue weighted by Crippen LogP contribution is 2.30. The van der Waals surface area contributed by atoms with E-state index in [-0.39, 0.29) is 11.6 Å². The molecule has 1 aliphatic heterocycles. The number of fused-ring (bicyclic) bond motifs is 1. The topological polar surface area (TPSA) is 53.6 Å². The molecule has 0 aliphatic carbocycles. The molecule has 4 nitrogen and oxygen atoms in total. The van der Waals surface area contributed by atoms with E-state index < -0.39 is 0 Å². The number of hydrogen-bond acceptors (Lipinski definition) is 4. The summed E-state index contributed by atoms with van der Waals surface area (Å²) in [5, 5.41) is 8.82. The van der Waals surface area contributed by atoms with E-state index in [1.807, 2.05) is 0 Å². The highest BCUT2D eigenvalue weighted by Gasteiger charge is 2.21. The van der Waals surface area contributed by atoms with Crippen LogP contribution in [0.1, 0.15) is 11.1 Å². The normalized spacial score (nSPS) is 16.5. The zero-order valence-electron chi connectivity index (χ0n) is 12.4. The number of nitrogens with two attached hydrogens (primary N) is 1. The third-order valence-electron chi connectivity index (χ3n) is 3.74. The summed E-state index contributed by atoms with van der Waals surface area (Å²) >= 11 is 0. The van der Waals surface area contributed by atoms with Crippen LogP contribution in [0.4, 0.5) is 14.5 Å². The van der Waals surface area contributed by atoms with Crippen LogP contribution in [0.2, 0.25) is 0 Å². The number of halogens is 2. The largest absolute Gasteiger partial charge is 0.397 e. The number of hydrazone groups is 1. The molecule has 0 aromatic heterocycles. The lowest BCUT2D eigenvalue weighted by atomic mass is 10.1. The second-order valence-corrected chi connectivity index (χ2v) is 5.20. The van der Waals surface area contributed by atoms with E-state index in [1.54, 1.807) is 23.2 Å². The highest BCUT2D eigenvalue weighted by atomic mass is 19.1. The third kappa shape index (κ3) is 2.93. The Morgan fingerprint density at radius 2 is 1.78 bits per heavy atom. The van der Waals surface area contributed by atoms with Crippen LogP contribution in [0.25, 0.3) is 5.70 Å². The molecule has 0 fully saturated rings. The van der Waals surface area contributed by atoms with Crippen LogP contribution in [0.3, 0.4) is 0 Å². The first-order valence-electron chi connectivity index (χ1n) is 7.10.